The van der Waals surface area contributed by atoms with Crippen molar-refractivity contribution >= 4 is 29.3 Å². The highest BCUT2D eigenvalue weighted by molar-refractivity contribution is 7.14. The van der Waals surface area contributed by atoms with Gasteiger partial charge in [0.2, 0.25) is 0 Å². The van der Waals surface area contributed by atoms with Crippen LogP contribution in [0, 0.1) is 0 Å². The summed E-state index contributed by atoms with van der Waals surface area (Å²) in [6.07, 6.45) is 5.02. The minimum Gasteiger partial charge on any atom is -0.478 e. The summed E-state index contributed by atoms with van der Waals surface area (Å²) in [5.41, 5.74) is 0. The molecule has 3 rings (SSSR count). The molecule has 20 heavy (non-hydrogen) atoms. The first-order valence-electron chi connectivity index (χ1n) is 6.57. The quantitative estimate of drug-likeness (QED) is 0.864. The van der Waals surface area contributed by atoms with Crippen molar-refractivity contribution in [1.82, 2.24) is 4.90 Å². The lowest BCUT2D eigenvalue weighted by atomic mass is 10.2. The maximum atomic E-state index is 12.4. The van der Waals surface area contributed by atoms with Crippen LogP contribution in [0.4, 0.5) is 0 Å². The number of amides is 1. The summed E-state index contributed by atoms with van der Waals surface area (Å²) in [7, 11) is 0. The normalized spacial score (nSPS) is 25.3. The fraction of sp³-hybridized carbons (Fsp3) is 0.429. The van der Waals surface area contributed by atoms with E-state index in [1.54, 1.807) is 12.1 Å². The number of nitrogens with zero attached hydrogens (tertiary/aromatic N) is 1. The molecule has 2 fully saturated rings. The van der Waals surface area contributed by atoms with Gasteiger partial charge in [-0.1, -0.05) is 0 Å². The number of fused-ring (bicyclic) bond motifs is 2. The molecule has 2 unspecified atom stereocenters. The monoisotopic (exact) mass is 293 g/mol. The third-order valence-corrected chi connectivity index (χ3v) is 4.60. The molecule has 2 atom stereocenters. The van der Waals surface area contributed by atoms with Gasteiger partial charge >= 0.3 is 5.97 Å². The second kappa shape index (κ2) is 5.38. The molecule has 0 spiro atoms. The fourth-order valence-corrected chi connectivity index (χ4v) is 3.53. The Morgan fingerprint density at radius 3 is 2.65 bits per heavy atom. The third kappa shape index (κ3) is 2.76. The minimum absolute atomic E-state index is 0.0187. The van der Waals surface area contributed by atoms with Crippen molar-refractivity contribution in [3.05, 3.63) is 28.0 Å². The van der Waals surface area contributed by atoms with Crippen LogP contribution in [0.3, 0.4) is 0 Å². The molecule has 0 saturated carbocycles. The molecule has 1 aromatic rings. The Morgan fingerprint density at radius 2 is 2.00 bits per heavy atom. The average Bonchev–Trinajstić information content (AvgIpc) is 3.02. The van der Waals surface area contributed by atoms with Gasteiger partial charge in [-0.25, -0.2) is 4.79 Å². The Morgan fingerprint density at radius 1 is 1.30 bits per heavy atom. The summed E-state index contributed by atoms with van der Waals surface area (Å²) in [4.78, 5) is 26.1. The van der Waals surface area contributed by atoms with E-state index in [9.17, 15) is 9.59 Å². The zero-order chi connectivity index (χ0) is 14.1. The number of aliphatic carboxylic acids is 1. The van der Waals surface area contributed by atoms with Gasteiger partial charge in [0.05, 0.1) is 17.1 Å². The van der Waals surface area contributed by atoms with Gasteiger partial charge < -0.3 is 14.7 Å². The van der Waals surface area contributed by atoms with Crippen molar-refractivity contribution in [1.29, 1.82) is 0 Å². The molecule has 1 N–H and O–H groups in total. The Hall–Kier alpha value is -1.66. The molecule has 3 heterocycles. The van der Waals surface area contributed by atoms with Crippen LogP contribution in [-0.2, 0) is 9.53 Å². The number of carbonyl (C=O) groups excluding carboxylic acids is 1. The molecule has 2 saturated heterocycles. The number of carbonyl (C=O) groups is 2. The van der Waals surface area contributed by atoms with Crippen LogP contribution in [0.15, 0.2) is 18.2 Å². The smallest absolute Gasteiger partial charge is 0.328 e. The molecule has 1 amide bonds. The first-order valence-corrected chi connectivity index (χ1v) is 7.39. The molecule has 0 aromatic carbocycles. The number of carboxylic acids is 1. The molecular formula is C14H15NO4S. The van der Waals surface area contributed by atoms with Gasteiger partial charge in [-0.05, 0) is 31.1 Å². The predicted molar refractivity (Wildman–Crippen MR) is 74.8 cm³/mol. The Kier molecular flexibility index (Phi) is 3.58. The molecule has 0 aliphatic carbocycles. The molecule has 6 heteroatoms. The first-order chi connectivity index (χ1) is 9.61. The van der Waals surface area contributed by atoms with E-state index in [-0.39, 0.29) is 18.1 Å². The second-order valence-electron chi connectivity index (χ2n) is 5.04. The van der Waals surface area contributed by atoms with Gasteiger partial charge in [-0.15, -0.1) is 11.3 Å². The largest absolute Gasteiger partial charge is 0.478 e. The lowest BCUT2D eigenvalue weighted by molar-refractivity contribution is -0.131. The SMILES string of the molecule is O=C(O)C=Cc1ccc(C(=O)N2CC3CCC(C2)O3)s1. The van der Waals surface area contributed by atoms with Crippen LogP contribution in [0.5, 0.6) is 0 Å². The predicted octanol–water partition coefficient (Wildman–Crippen LogP) is 1.85. The fourth-order valence-electron chi connectivity index (χ4n) is 2.65. The summed E-state index contributed by atoms with van der Waals surface area (Å²) in [6, 6.07) is 3.53. The molecule has 1 aromatic heterocycles. The van der Waals surface area contributed by atoms with E-state index in [1.807, 2.05) is 4.90 Å². The van der Waals surface area contributed by atoms with Crippen LogP contribution >= 0.6 is 11.3 Å². The maximum Gasteiger partial charge on any atom is 0.328 e. The topological polar surface area (TPSA) is 66.8 Å². The molecule has 2 aliphatic rings. The van der Waals surface area contributed by atoms with Crippen LogP contribution in [-0.4, -0.2) is 47.2 Å². The van der Waals surface area contributed by atoms with E-state index < -0.39 is 5.97 Å². The average molecular weight is 293 g/mol. The third-order valence-electron chi connectivity index (χ3n) is 3.56. The number of likely N-dealkylation sites (tertiary alicyclic amines) is 1. The van der Waals surface area contributed by atoms with E-state index >= 15 is 0 Å². The summed E-state index contributed by atoms with van der Waals surface area (Å²) in [6.45, 7) is 1.32. The van der Waals surface area contributed by atoms with Gasteiger partial charge in [-0.3, -0.25) is 4.79 Å². The molecule has 2 aliphatic heterocycles. The summed E-state index contributed by atoms with van der Waals surface area (Å²) in [5.74, 6) is -0.971. The van der Waals surface area contributed by atoms with E-state index in [4.69, 9.17) is 9.84 Å². The highest BCUT2D eigenvalue weighted by Crippen LogP contribution is 2.28. The molecule has 106 valence electrons. The summed E-state index contributed by atoms with van der Waals surface area (Å²) < 4.78 is 5.72. The second-order valence-corrected chi connectivity index (χ2v) is 6.16. The van der Waals surface area contributed by atoms with Crippen molar-refractivity contribution in [2.24, 2.45) is 0 Å². The number of morpholine rings is 1. The number of hydrogen-bond donors (Lipinski definition) is 1. The number of ether oxygens (including phenoxy) is 1. The Balaban J connectivity index is 1.69. The Bertz CT molecular complexity index is 553. The highest BCUT2D eigenvalue weighted by atomic mass is 32.1. The Labute approximate surface area is 120 Å². The van der Waals surface area contributed by atoms with Gasteiger partial charge in [-0.2, -0.15) is 0 Å². The van der Waals surface area contributed by atoms with Crippen molar-refractivity contribution < 1.29 is 19.4 Å². The zero-order valence-corrected chi connectivity index (χ0v) is 11.6. The van der Waals surface area contributed by atoms with E-state index in [2.05, 4.69) is 0 Å². The zero-order valence-electron chi connectivity index (χ0n) is 10.8. The molecule has 2 bridgehead atoms. The number of rotatable bonds is 3. The highest BCUT2D eigenvalue weighted by Gasteiger charge is 2.36. The standard InChI is InChI=1S/C14H15NO4S/c16-13(17)6-4-11-3-5-12(20-11)14(18)15-7-9-1-2-10(8-15)19-9/h3-6,9-10H,1-2,7-8H2,(H,16,17). The van der Waals surface area contributed by atoms with Crippen molar-refractivity contribution in [3.8, 4) is 0 Å². The lowest BCUT2D eigenvalue weighted by Crippen LogP contribution is -2.45. The van der Waals surface area contributed by atoms with Crippen LogP contribution in [0.1, 0.15) is 27.4 Å². The van der Waals surface area contributed by atoms with Crippen LogP contribution in [0.25, 0.3) is 6.08 Å². The summed E-state index contributed by atoms with van der Waals surface area (Å²) >= 11 is 1.32. The van der Waals surface area contributed by atoms with E-state index in [0.29, 0.717) is 18.0 Å². The number of thiophene rings is 1. The van der Waals surface area contributed by atoms with Crippen LogP contribution in [0.2, 0.25) is 0 Å². The molecule has 5 nitrogen and oxygen atoms in total. The number of carboxylic acid groups (broad SMARTS) is 1. The van der Waals surface area contributed by atoms with Gasteiger partial charge in [0.1, 0.15) is 0 Å². The lowest BCUT2D eigenvalue weighted by Gasteiger charge is -2.31. The van der Waals surface area contributed by atoms with Gasteiger partial charge in [0.25, 0.3) is 5.91 Å². The van der Waals surface area contributed by atoms with Crippen molar-refractivity contribution in [3.63, 3.8) is 0 Å². The first kappa shape index (κ1) is 13.3. The van der Waals surface area contributed by atoms with Crippen molar-refractivity contribution in [2.75, 3.05) is 13.1 Å². The van der Waals surface area contributed by atoms with E-state index in [0.717, 1.165) is 23.8 Å². The van der Waals surface area contributed by atoms with Crippen molar-refractivity contribution in [2.45, 2.75) is 25.0 Å². The van der Waals surface area contributed by atoms with E-state index in [1.165, 1.54) is 17.4 Å². The summed E-state index contributed by atoms with van der Waals surface area (Å²) in [5, 5.41) is 8.59. The minimum atomic E-state index is -0.990. The maximum absolute atomic E-state index is 12.4. The molecular weight excluding hydrogens is 278 g/mol. The molecule has 0 radical (unpaired) electrons. The number of hydrogen-bond acceptors (Lipinski definition) is 4. The van der Waals surface area contributed by atoms with Crippen LogP contribution < -0.4 is 0 Å². The van der Waals surface area contributed by atoms with Gasteiger partial charge in [0, 0.05) is 24.0 Å². The van der Waals surface area contributed by atoms with Gasteiger partial charge in [0.15, 0.2) is 0 Å².